The summed E-state index contributed by atoms with van der Waals surface area (Å²) in [6.07, 6.45) is -2.42. The minimum atomic E-state index is -4.49. The Bertz CT molecular complexity index is 1540. The molecule has 1 aromatic carbocycles. The van der Waals surface area contributed by atoms with Crippen molar-refractivity contribution < 1.29 is 23.0 Å². The van der Waals surface area contributed by atoms with Crippen molar-refractivity contribution in [2.24, 2.45) is 7.05 Å². The van der Waals surface area contributed by atoms with E-state index in [1.54, 1.807) is 27.1 Å². The summed E-state index contributed by atoms with van der Waals surface area (Å²) in [4.78, 5) is 26.5. The Labute approximate surface area is 221 Å². The fourth-order valence-electron chi connectivity index (χ4n) is 4.16. The fraction of sp³-hybridized carbons (Fsp3) is 0.346. The molecule has 0 fully saturated rings. The molecule has 3 aromatic heterocycles. The Morgan fingerprint density at radius 1 is 1.13 bits per heavy atom. The highest BCUT2D eigenvalue weighted by Crippen LogP contribution is 2.29. The van der Waals surface area contributed by atoms with Crippen LogP contribution in [0.5, 0.6) is 5.75 Å². The first-order valence-corrected chi connectivity index (χ1v) is 12.1. The molecule has 0 bridgehead atoms. The van der Waals surface area contributed by atoms with Gasteiger partial charge in [0, 0.05) is 30.1 Å². The van der Waals surface area contributed by atoms with Gasteiger partial charge in [-0.05, 0) is 37.1 Å². The fourth-order valence-corrected chi connectivity index (χ4v) is 4.16. The van der Waals surface area contributed by atoms with Crippen LogP contribution in [-0.2, 0) is 20.0 Å². The monoisotopic (exact) mass is 543 g/mol. The Kier molecular flexibility index (Phi) is 7.72. The van der Waals surface area contributed by atoms with E-state index in [9.17, 15) is 23.1 Å². The first-order valence-electron chi connectivity index (χ1n) is 12.1. The quantitative estimate of drug-likeness (QED) is 0.345. The molecule has 13 heteroatoms. The van der Waals surface area contributed by atoms with Gasteiger partial charge >= 0.3 is 6.18 Å². The SMILES string of the molecule is CCc1cc(OC)cc(-c2nc(-c3nc(-c4cnn(CC(O)CC(F)(F)F)c4C)cnc3N)cn(C)c2=O)c1. The molecule has 0 radical (unpaired) electrons. The molecule has 0 saturated heterocycles. The van der Waals surface area contributed by atoms with E-state index in [-0.39, 0.29) is 29.3 Å². The number of halogens is 3. The van der Waals surface area contributed by atoms with Gasteiger partial charge in [0.2, 0.25) is 0 Å². The Morgan fingerprint density at radius 3 is 2.51 bits per heavy atom. The van der Waals surface area contributed by atoms with Crippen molar-refractivity contribution in [3.8, 4) is 39.7 Å². The maximum absolute atomic E-state index is 13.0. The van der Waals surface area contributed by atoms with Crippen molar-refractivity contribution in [2.75, 3.05) is 12.8 Å². The summed E-state index contributed by atoms with van der Waals surface area (Å²) in [5.74, 6) is 0.661. The van der Waals surface area contributed by atoms with Crippen LogP contribution in [0.1, 0.15) is 24.6 Å². The number of hydrogen-bond acceptors (Lipinski definition) is 8. The largest absolute Gasteiger partial charge is 0.497 e. The van der Waals surface area contributed by atoms with Crippen LogP contribution in [0.4, 0.5) is 19.0 Å². The molecule has 0 aliphatic rings. The molecule has 0 aliphatic heterocycles. The molecule has 0 saturated carbocycles. The summed E-state index contributed by atoms with van der Waals surface area (Å²) < 4.78 is 46.0. The maximum Gasteiger partial charge on any atom is 0.391 e. The Balaban J connectivity index is 1.75. The summed E-state index contributed by atoms with van der Waals surface area (Å²) in [5, 5.41) is 14.0. The van der Waals surface area contributed by atoms with Crippen molar-refractivity contribution in [3.63, 3.8) is 0 Å². The number of benzene rings is 1. The van der Waals surface area contributed by atoms with Gasteiger partial charge in [0.25, 0.3) is 5.56 Å². The average molecular weight is 544 g/mol. The van der Waals surface area contributed by atoms with Crippen LogP contribution >= 0.6 is 0 Å². The summed E-state index contributed by atoms with van der Waals surface area (Å²) >= 11 is 0. The number of anilines is 1. The van der Waals surface area contributed by atoms with Crippen LogP contribution in [0.15, 0.2) is 41.6 Å². The zero-order valence-electron chi connectivity index (χ0n) is 21.8. The summed E-state index contributed by atoms with van der Waals surface area (Å²) in [7, 11) is 3.13. The number of aliphatic hydroxyl groups excluding tert-OH is 1. The topological polar surface area (TPSA) is 134 Å². The first-order chi connectivity index (χ1) is 18.4. The number of alkyl halides is 3. The molecule has 0 spiro atoms. The van der Waals surface area contributed by atoms with Gasteiger partial charge in [-0.15, -0.1) is 0 Å². The second-order valence-corrected chi connectivity index (χ2v) is 9.10. The standard InChI is InChI=1S/C26H28F3N7O3/c1-5-15-6-16(8-18(7-15)39-4)22-25(38)35(3)13-21(34-22)23-24(30)31-11-20(33-23)19-10-32-36(14(19)2)12-17(37)9-26(27,28)29/h6-8,10-11,13,17,37H,5,9,12H2,1-4H3,(H2,30,31). The normalized spacial score (nSPS) is 12.5. The number of nitrogens with zero attached hydrogens (tertiary/aromatic N) is 6. The van der Waals surface area contributed by atoms with Gasteiger partial charge in [0.05, 0.1) is 44.3 Å². The number of methoxy groups -OCH3 is 1. The van der Waals surface area contributed by atoms with E-state index < -0.39 is 18.7 Å². The molecule has 3 heterocycles. The van der Waals surface area contributed by atoms with Crippen LogP contribution in [0.3, 0.4) is 0 Å². The van der Waals surface area contributed by atoms with E-state index >= 15 is 0 Å². The van der Waals surface area contributed by atoms with Gasteiger partial charge in [0.15, 0.2) is 5.82 Å². The predicted octanol–water partition coefficient (Wildman–Crippen LogP) is 3.54. The van der Waals surface area contributed by atoms with E-state index in [2.05, 4.69) is 20.1 Å². The van der Waals surface area contributed by atoms with Gasteiger partial charge in [-0.2, -0.15) is 18.3 Å². The van der Waals surface area contributed by atoms with Gasteiger partial charge < -0.3 is 20.1 Å². The second kappa shape index (κ2) is 10.8. The number of rotatable bonds is 8. The van der Waals surface area contributed by atoms with Crippen molar-refractivity contribution >= 4 is 5.82 Å². The zero-order chi connectivity index (χ0) is 28.5. The van der Waals surface area contributed by atoms with Crippen molar-refractivity contribution in [3.05, 3.63) is 58.4 Å². The van der Waals surface area contributed by atoms with E-state index in [0.717, 1.165) is 12.0 Å². The molecule has 206 valence electrons. The van der Waals surface area contributed by atoms with Crippen molar-refractivity contribution in [1.82, 2.24) is 29.3 Å². The Morgan fingerprint density at radius 2 is 1.85 bits per heavy atom. The molecule has 3 N–H and O–H groups in total. The Hall–Kier alpha value is -4.26. The smallest absolute Gasteiger partial charge is 0.391 e. The lowest BCUT2D eigenvalue weighted by Gasteiger charge is -2.14. The second-order valence-electron chi connectivity index (χ2n) is 9.10. The minimum Gasteiger partial charge on any atom is -0.497 e. The van der Waals surface area contributed by atoms with Crippen LogP contribution in [0.25, 0.3) is 33.9 Å². The molecule has 39 heavy (non-hydrogen) atoms. The lowest BCUT2D eigenvalue weighted by Crippen LogP contribution is -2.24. The lowest BCUT2D eigenvalue weighted by atomic mass is 10.1. The van der Waals surface area contributed by atoms with Crippen LogP contribution < -0.4 is 16.0 Å². The highest BCUT2D eigenvalue weighted by Gasteiger charge is 2.31. The third-order valence-corrected chi connectivity index (χ3v) is 6.23. The van der Waals surface area contributed by atoms with E-state index in [1.165, 1.54) is 27.8 Å². The molecular weight excluding hydrogens is 515 g/mol. The summed E-state index contributed by atoms with van der Waals surface area (Å²) in [6, 6.07) is 5.48. The molecule has 4 rings (SSSR count). The molecular formula is C26H28F3N7O3. The highest BCUT2D eigenvalue weighted by molar-refractivity contribution is 5.73. The number of nitrogen functional groups attached to an aromatic ring is 1. The number of hydrogen-bond donors (Lipinski definition) is 2. The van der Waals surface area contributed by atoms with E-state index in [0.29, 0.717) is 34.0 Å². The molecule has 1 unspecified atom stereocenters. The average Bonchev–Trinajstić information content (AvgIpc) is 3.23. The number of nitrogens with two attached hydrogens (primary N) is 1. The van der Waals surface area contributed by atoms with Crippen LogP contribution in [-0.4, -0.2) is 53.8 Å². The zero-order valence-corrected chi connectivity index (χ0v) is 21.8. The van der Waals surface area contributed by atoms with Crippen LogP contribution in [0, 0.1) is 6.92 Å². The molecule has 1 atom stereocenters. The molecule has 0 amide bonds. The summed E-state index contributed by atoms with van der Waals surface area (Å²) in [6.45, 7) is 3.30. The molecule has 4 aromatic rings. The van der Waals surface area contributed by atoms with Gasteiger partial charge in [0.1, 0.15) is 22.8 Å². The highest BCUT2D eigenvalue weighted by atomic mass is 19.4. The third kappa shape index (κ3) is 6.08. The number of aliphatic hydroxyl groups is 1. The number of aryl methyl sites for hydroxylation is 2. The van der Waals surface area contributed by atoms with Gasteiger partial charge in [-0.1, -0.05) is 6.92 Å². The molecule has 10 nitrogen and oxygen atoms in total. The third-order valence-electron chi connectivity index (χ3n) is 6.23. The maximum atomic E-state index is 13.0. The number of aromatic nitrogens is 6. The van der Waals surface area contributed by atoms with Crippen molar-refractivity contribution in [2.45, 2.75) is 45.5 Å². The van der Waals surface area contributed by atoms with Gasteiger partial charge in [-0.3, -0.25) is 9.48 Å². The predicted molar refractivity (Wildman–Crippen MR) is 139 cm³/mol. The molecule has 0 aliphatic carbocycles. The summed E-state index contributed by atoms with van der Waals surface area (Å²) in [5.41, 5.74) is 9.38. The van der Waals surface area contributed by atoms with E-state index in [4.69, 9.17) is 10.5 Å². The van der Waals surface area contributed by atoms with E-state index in [1.807, 2.05) is 19.1 Å². The van der Waals surface area contributed by atoms with Crippen LogP contribution in [0.2, 0.25) is 0 Å². The minimum absolute atomic E-state index is 0.0707. The first kappa shape index (κ1) is 27.8. The lowest BCUT2D eigenvalue weighted by molar-refractivity contribution is -0.154. The van der Waals surface area contributed by atoms with Gasteiger partial charge in [-0.25, -0.2) is 15.0 Å². The number of ether oxygens (including phenoxy) is 1. The van der Waals surface area contributed by atoms with Crippen molar-refractivity contribution in [1.29, 1.82) is 0 Å².